The lowest BCUT2D eigenvalue weighted by molar-refractivity contribution is -0.122. The minimum atomic E-state index is -0.248. The molecule has 2 heterocycles. The van der Waals surface area contributed by atoms with Gasteiger partial charge in [-0.1, -0.05) is 6.92 Å². The van der Waals surface area contributed by atoms with Crippen LogP contribution in [0.1, 0.15) is 20.3 Å². The lowest BCUT2D eigenvalue weighted by atomic mass is 10.2. The van der Waals surface area contributed by atoms with Gasteiger partial charge in [0.15, 0.2) is 0 Å². The monoisotopic (exact) mass is 264 g/mol. The van der Waals surface area contributed by atoms with Crippen molar-refractivity contribution in [2.75, 3.05) is 35.6 Å². The quantitative estimate of drug-likeness (QED) is 0.719. The highest BCUT2D eigenvalue weighted by atomic mass is 16.2. The van der Waals surface area contributed by atoms with E-state index in [1.165, 1.54) is 0 Å². The van der Waals surface area contributed by atoms with Crippen molar-refractivity contribution >= 4 is 23.5 Å². The third-order valence-corrected chi connectivity index (χ3v) is 3.08. The van der Waals surface area contributed by atoms with Gasteiger partial charge in [-0.3, -0.25) is 4.79 Å². The maximum absolute atomic E-state index is 11.7. The summed E-state index contributed by atoms with van der Waals surface area (Å²) in [5.74, 6) is 1.61. The van der Waals surface area contributed by atoms with E-state index < -0.39 is 0 Å². The van der Waals surface area contributed by atoms with Crippen LogP contribution in [0, 0.1) is 0 Å². The Morgan fingerprint density at radius 3 is 3.11 bits per heavy atom. The predicted molar refractivity (Wildman–Crippen MR) is 75.0 cm³/mol. The molecular weight excluding hydrogens is 244 g/mol. The van der Waals surface area contributed by atoms with Crippen LogP contribution in [-0.2, 0) is 4.79 Å². The molecule has 0 spiro atoms. The van der Waals surface area contributed by atoms with Crippen LogP contribution in [0.5, 0.6) is 0 Å². The van der Waals surface area contributed by atoms with Crippen molar-refractivity contribution in [3.63, 3.8) is 0 Å². The van der Waals surface area contributed by atoms with Crippen LogP contribution in [0.2, 0.25) is 0 Å². The molecular formula is C12H20N6O. The van der Waals surface area contributed by atoms with E-state index in [9.17, 15) is 4.79 Å². The third-order valence-electron chi connectivity index (χ3n) is 3.08. The number of carbonyl (C=O) groups excluding carboxylic acids is 1. The van der Waals surface area contributed by atoms with Crippen LogP contribution >= 0.6 is 0 Å². The molecule has 4 N–H and O–H groups in total. The summed E-state index contributed by atoms with van der Waals surface area (Å²) in [6.45, 7) is 6.09. The Morgan fingerprint density at radius 1 is 1.58 bits per heavy atom. The van der Waals surface area contributed by atoms with Gasteiger partial charge < -0.3 is 21.3 Å². The van der Waals surface area contributed by atoms with Crippen molar-refractivity contribution in [1.82, 2.24) is 15.3 Å². The Labute approximate surface area is 112 Å². The molecule has 0 bridgehead atoms. The molecule has 1 saturated heterocycles. The average molecular weight is 264 g/mol. The van der Waals surface area contributed by atoms with E-state index in [1.54, 1.807) is 0 Å². The van der Waals surface area contributed by atoms with Gasteiger partial charge in [0.1, 0.15) is 17.7 Å². The first-order valence-electron chi connectivity index (χ1n) is 6.54. The van der Waals surface area contributed by atoms with Crippen LogP contribution in [0.15, 0.2) is 6.07 Å². The number of hydrogen-bond donors (Lipinski definition) is 3. The second-order valence-electron chi connectivity index (χ2n) is 4.56. The van der Waals surface area contributed by atoms with Crippen molar-refractivity contribution in [1.29, 1.82) is 0 Å². The Hall–Kier alpha value is -2.05. The standard InChI is InChI=1S/C12H20N6O/c1-3-4-14-9-7-10(17-12(13)16-9)18-6-5-15-11(19)8(18)2/h7-8H,3-6H2,1-2H3,(H,15,19)(H3,13,14,16,17). The zero-order valence-electron chi connectivity index (χ0n) is 11.3. The number of anilines is 3. The molecule has 1 fully saturated rings. The summed E-state index contributed by atoms with van der Waals surface area (Å²) in [6.07, 6.45) is 1.00. The molecule has 1 aliphatic rings. The van der Waals surface area contributed by atoms with Crippen molar-refractivity contribution in [2.24, 2.45) is 0 Å². The van der Waals surface area contributed by atoms with Crippen molar-refractivity contribution in [2.45, 2.75) is 26.3 Å². The lowest BCUT2D eigenvalue weighted by Crippen LogP contribution is -2.54. The van der Waals surface area contributed by atoms with E-state index in [0.29, 0.717) is 18.2 Å². The number of rotatable bonds is 4. The predicted octanol–water partition coefficient (Wildman–Crippen LogP) is 0.205. The number of piperazine rings is 1. The van der Waals surface area contributed by atoms with Gasteiger partial charge in [-0.25, -0.2) is 0 Å². The van der Waals surface area contributed by atoms with Gasteiger partial charge in [-0.05, 0) is 13.3 Å². The molecule has 0 aliphatic carbocycles. The molecule has 1 aromatic rings. The molecule has 0 radical (unpaired) electrons. The number of nitrogens with one attached hydrogen (secondary N) is 2. The largest absolute Gasteiger partial charge is 0.370 e. The van der Waals surface area contributed by atoms with Crippen LogP contribution in [0.3, 0.4) is 0 Å². The van der Waals surface area contributed by atoms with Crippen LogP contribution in [-0.4, -0.2) is 41.6 Å². The maximum Gasteiger partial charge on any atom is 0.242 e. The maximum atomic E-state index is 11.7. The van der Waals surface area contributed by atoms with E-state index >= 15 is 0 Å². The van der Waals surface area contributed by atoms with E-state index in [4.69, 9.17) is 5.73 Å². The Morgan fingerprint density at radius 2 is 2.37 bits per heavy atom. The van der Waals surface area contributed by atoms with Gasteiger partial charge in [0.25, 0.3) is 0 Å². The SMILES string of the molecule is CCCNc1cc(N2CCNC(=O)C2C)nc(N)n1. The summed E-state index contributed by atoms with van der Waals surface area (Å²) < 4.78 is 0. The van der Waals surface area contributed by atoms with Crippen molar-refractivity contribution < 1.29 is 4.79 Å². The van der Waals surface area contributed by atoms with E-state index in [1.807, 2.05) is 17.9 Å². The summed E-state index contributed by atoms with van der Waals surface area (Å²) in [6, 6.07) is 1.59. The fourth-order valence-corrected chi connectivity index (χ4v) is 2.04. The highest BCUT2D eigenvalue weighted by molar-refractivity contribution is 5.85. The summed E-state index contributed by atoms with van der Waals surface area (Å²) >= 11 is 0. The van der Waals surface area contributed by atoms with E-state index in [0.717, 1.165) is 19.5 Å². The first-order valence-corrected chi connectivity index (χ1v) is 6.54. The third kappa shape index (κ3) is 3.04. The van der Waals surface area contributed by atoms with Crippen LogP contribution < -0.4 is 21.3 Å². The fraction of sp³-hybridized carbons (Fsp3) is 0.583. The average Bonchev–Trinajstić information content (AvgIpc) is 2.39. The molecule has 1 atom stereocenters. The normalized spacial score (nSPS) is 19.2. The van der Waals surface area contributed by atoms with Gasteiger partial charge in [-0.2, -0.15) is 9.97 Å². The second-order valence-corrected chi connectivity index (χ2v) is 4.56. The molecule has 2 rings (SSSR count). The van der Waals surface area contributed by atoms with Gasteiger partial charge in [-0.15, -0.1) is 0 Å². The first kappa shape index (κ1) is 13.4. The summed E-state index contributed by atoms with van der Waals surface area (Å²) in [4.78, 5) is 22.0. The van der Waals surface area contributed by atoms with E-state index in [-0.39, 0.29) is 17.9 Å². The molecule has 19 heavy (non-hydrogen) atoms. The van der Waals surface area contributed by atoms with Crippen molar-refractivity contribution in [3.05, 3.63) is 6.07 Å². The first-order chi connectivity index (χ1) is 9.11. The highest BCUT2D eigenvalue weighted by Gasteiger charge is 2.26. The van der Waals surface area contributed by atoms with Crippen LogP contribution in [0.25, 0.3) is 0 Å². The number of aromatic nitrogens is 2. The molecule has 1 amide bonds. The van der Waals surface area contributed by atoms with Crippen LogP contribution in [0.4, 0.5) is 17.6 Å². The molecule has 104 valence electrons. The molecule has 0 saturated carbocycles. The molecule has 1 aromatic heterocycles. The number of nitrogens with two attached hydrogens (primary N) is 1. The lowest BCUT2D eigenvalue weighted by Gasteiger charge is -2.33. The second kappa shape index (κ2) is 5.73. The molecule has 0 aromatic carbocycles. The zero-order valence-corrected chi connectivity index (χ0v) is 11.3. The van der Waals surface area contributed by atoms with Gasteiger partial charge >= 0.3 is 0 Å². The number of carbonyl (C=O) groups is 1. The fourth-order valence-electron chi connectivity index (χ4n) is 2.04. The minimum absolute atomic E-state index is 0.00602. The van der Waals surface area contributed by atoms with Gasteiger partial charge in [0, 0.05) is 25.7 Å². The summed E-state index contributed by atoms with van der Waals surface area (Å²) in [7, 11) is 0. The van der Waals surface area contributed by atoms with E-state index in [2.05, 4.69) is 27.5 Å². The molecule has 1 unspecified atom stereocenters. The van der Waals surface area contributed by atoms with Gasteiger partial charge in [0.2, 0.25) is 11.9 Å². The number of nitrogen functional groups attached to an aromatic ring is 1. The topological polar surface area (TPSA) is 96.2 Å². The summed E-state index contributed by atoms with van der Waals surface area (Å²) in [5, 5.41) is 6.01. The Balaban J connectivity index is 2.23. The van der Waals surface area contributed by atoms with Gasteiger partial charge in [0.05, 0.1) is 0 Å². The minimum Gasteiger partial charge on any atom is -0.370 e. The molecule has 7 heteroatoms. The zero-order chi connectivity index (χ0) is 13.8. The number of nitrogens with zero attached hydrogens (tertiary/aromatic N) is 3. The molecule has 1 aliphatic heterocycles. The highest BCUT2D eigenvalue weighted by Crippen LogP contribution is 2.20. The molecule has 7 nitrogen and oxygen atoms in total. The Bertz CT molecular complexity index is 464. The Kier molecular flexibility index (Phi) is 4.03. The van der Waals surface area contributed by atoms with Crippen molar-refractivity contribution in [3.8, 4) is 0 Å². The summed E-state index contributed by atoms with van der Waals surface area (Å²) in [5.41, 5.74) is 5.73. The smallest absolute Gasteiger partial charge is 0.242 e. The number of amides is 1. The number of hydrogen-bond acceptors (Lipinski definition) is 6.